The van der Waals surface area contributed by atoms with Crippen molar-refractivity contribution in [2.75, 3.05) is 5.73 Å². The third-order valence-electron chi connectivity index (χ3n) is 4.26. The van der Waals surface area contributed by atoms with Gasteiger partial charge in [-0.3, -0.25) is 0 Å². The SMILES string of the molecule is Nc1nc2c(-c3ccc(S(N)(=O)=O)c(S(N)(=O)=O)c3C3NNNN3)cccc2s1. The highest BCUT2D eigenvalue weighted by molar-refractivity contribution is 7.92. The lowest BCUT2D eigenvalue weighted by molar-refractivity contribution is 0.534. The number of fused-ring (bicyclic) bond motifs is 1. The summed E-state index contributed by atoms with van der Waals surface area (Å²) in [6, 6.07) is 7.87. The van der Waals surface area contributed by atoms with Gasteiger partial charge in [0.1, 0.15) is 16.0 Å². The zero-order valence-corrected chi connectivity index (χ0v) is 17.0. The molecule has 0 saturated carbocycles. The van der Waals surface area contributed by atoms with Crippen LogP contribution in [0.2, 0.25) is 0 Å². The van der Waals surface area contributed by atoms with Gasteiger partial charge in [0.25, 0.3) is 0 Å². The van der Waals surface area contributed by atoms with Gasteiger partial charge in [-0.15, -0.1) is 0 Å². The maximum atomic E-state index is 12.5. The molecule has 0 radical (unpaired) electrons. The number of hydrogen-bond acceptors (Lipinski definition) is 11. The maximum Gasteiger partial charge on any atom is 0.239 e. The number of nitrogen functional groups attached to an aromatic ring is 1. The number of thiazole rings is 1. The first-order valence-corrected chi connectivity index (χ1v) is 11.9. The van der Waals surface area contributed by atoms with Crippen LogP contribution < -0.4 is 37.9 Å². The first-order valence-electron chi connectivity index (χ1n) is 7.96. The predicted octanol–water partition coefficient (Wildman–Crippen LogP) is -1.04. The van der Waals surface area contributed by atoms with E-state index in [-0.39, 0.29) is 5.56 Å². The topological polar surface area (TPSA) is 207 Å². The Kier molecular flexibility index (Phi) is 4.80. The van der Waals surface area contributed by atoms with Gasteiger partial charge in [-0.05, 0) is 17.7 Å². The average molecular weight is 457 g/mol. The fraction of sp³-hybridized carbons (Fsp3) is 0.0714. The van der Waals surface area contributed by atoms with Crippen LogP contribution in [0.4, 0.5) is 5.13 Å². The fourth-order valence-corrected chi connectivity index (χ4v) is 6.17. The van der Waals surface area contributed by atoms with Crippen LogP contribution in [0.5, 0.6) is 0 Å². The third-order valence-corrected chi connectivity index (χ3v) is 7.20. The Labute approximate surface area is 169 Å². The Hall–Kier alpha value is -2.21. The Balaban J connectivity index is 2.15. The van der Waals surface area contributed by atoms with Crippen molar-refractivity contribution in [1.82, 2.24) is 26.9 Å². The molecule has 12 nitrogen and oxygen atoms in total. The van der Waals surface area contributed by atoms with Crippen LogP contribution in [0.15, 0.2) is 40.1 Å². The van der Waals surface area contributed by atoms with Crippen molar-refractivity contribution in [3.8, 4) is 11.1 Å². The highest BCUT2D eigenvalue weighted by Gasteiger charge is 2.33. The molecule has 1 fully saturated rings. The molecule has 0 amide bonds. The van der Waals surface area contributed by atoms with E-state index < -0.39 is 36.0 Å². The number of para-hydroxylation sites is 1. The number of nitrogens with zero attached hydrogens (tertiary/aromatic N) is 1. The quantitative estimate of drug-likeness (QED) is 0.253. The first-order chi connectivity index (χ1) is 13.6. The predicted molar refractivity (Wildman–Crippen MR) is 107 cm³/mol. The van der Waals surface area contributed by atoms with Gasteiger partial charge in [0.05, 0.1) is 10.2 Å². The Morgan fingerprint density at radius 3 is 2.24 bits per heavy atom. The van der Waals surface area contributed by atoms with E-state index in [0.29, 0.717) is 21.8 Å². The number of benzene rings is 2. The number of rotatable bonds is 4. The molecule has 1 aromatic heterocycles. The molecule has 1 saturated heterocycles. The number of anilines is 1. The number of nitrogens with two attached hydrogens (primary N) is 3. The second-order valence-corrected chi connectivity index (χ2v) is 10.2. The summed E-state index contributed by atoms with van der Waals surface area (Å²) in [4.78, 5) is 3.09. The second-order valence-electron chi connectivity index (χ2n) is 6.12. The molecule has 2 aromatic carbocycles. The van der Waals surface area contributed by atoms with Crippen molar-refractivity contribution in [2.45, 2.75) is 16.0 Å². The number of primary sulfonamides is 2. The molecule has 1 aliphatic rings. The minimum Gasteiger partial charge on any atom is -0.375 e. The zero-order valence-electron chi connectivity index (χ0n) is 14.5. The molecule has 10 N–H and O–H groups in total. The summed E-state index contributed by atoms with van der Waals surface area (Å²) in [5.74, 6) is 0. The van der Waals surface area contributed by atoms with Crippen LogP contribution in [0.1, 0.15) is 11.7 Å². The van der Waals surface area contributed by atoms with E-state index >= 15 is 0 Å². The molecule has 4 rings (SSSR count). The highest BCUT2D eigenvalue weighted by Crippen LogP contribution is 2.40. The molecule has 154 valence electrons. The average Bonchev–Trinajstić information content (AvgIpc) is 3.27. The standard InChI is InChI=1S/C14H16N8O4S3/c15-14-18-11-7(2-1-3-8(11)27-14)6-4-5-9(28(16,23)24)12(29(17,25)26)10(6)13-19-21-22-20-13/h1-5,13,19-22H,(H2,15,18)(H2,16,23,24)(H2,17,25,26). The molecular formula is C14H16N8O4S3. The summed E-state index contributed by atoms with van der Waals surface area (Å²) in [7, 11) is -8.90. The van der Waals surface area contributed by atoms with Crippen LogP contribution in [0, 0.1) is 0 Å². The van der Waals surface area contributed by atoms with E-state index in [1.165, 1.54) is 17.4 Å². The molecule has 3 aromatic rings. The van der Waals surface area contributed by atoms with E-state index in [9.17, 15) is 16.8 Å². The van der Waals surface area contributed by atoms with Gasteiger partial charge in [0.2, 0.25) is 20.0 Å². The lowest BCUT2D eigenvalue weighted by atomic mass is 9.97. The molecule has 1 aliphatic heterocycles. The fourth-order valence-electron chi connectivity index (χ4n) is 3.20. The van der Waals surface area contributed by atoms with Gasteiger partial charge in [-0.25, -0.2) is 42.9 Å². The Morgan fingerprint density at radius 1 is 0.931 bits per heavy atom. The number of hydrogen-bond donors (Lipinski definition) is 7. The van der Waals surface area contributed by atoms with Crippen molar-refractivity contribution in [1.29, 1.82) is 0 Å². The molecule has 2 heterocycles. The van der Waals surface area contributed by atoms with Crippen molar-refractivity contribution < 1.29 is 16.8 Å². The minimum absolute atomic E-state index is 0.0515. The summed E-state index contributed by atoms with van der Waals surface area (Å²) in [5, 5.41) is 11.0. The lowest BCUT2D eigenvalue weighted by Crippen LogP contribution is -2.33. The molecule has 29 heavy (non-hydrogen) atoms. The molecule has 15 heteroatoms. The van der Waals surface area contributed by atoms with E-state index in [1.807, 2.05) is 6.07 Å². The van der Waals surface area contributed by atoms with E-state index in [4.69, 9.17) is 16.0 Å². The van der Waals surface area contributed by atoms with Crippen LogP contribution in [0.3, 0.4) is 0 Å². The summed E-state index contributed by atoms with van der Waals surface area (Å²) in [6.07, 6.45) is -0.869. The summed E-state index contributed by atoms with van der Waals surface area (Å²) < 4.78 is 49.9. The molecular weight excluding hydrogens is 440 g/mol. The van der Waals surface area contributed by atoms with Gasteiger partial charge < -0.3 is 5.73 Å². The van der Waals surface area contributed by atoms with Gasteiger partial charge in [-0.1, -0.05) is 29.5 Å². The Bertz CT molecular complexity index is 1330. The van der Waals surface area contributed by atoms with Gasteiger partial charge >= 0.3 is 0 Å². The lowest BCUT2D eigenvalue weighted by Gasteiger charge is -2.21. The van der Waals surface area contributed by atoms with Crippen LogP contribution in [-0.2, 0) is 20.0 Å². The first kappa shape index (κ1) is 20.1. The third kappa shape index (κ3) is 3.59. The number of sulfonamides is 2. The zero-order chi connectivity index (χ0) is 21.0. The van der Waals surface area contributed by atoms with E-state index in [2.05, 4.69) is 26.9 Å². The van der Waals surface area contributed by atoms with Gasteiger partial charge in [0, 0.05) is 11.1 Å². The van der Waals surface area contributed by atoms with Crippen LogP contribution in [0.25, 0.3) is 21.3 Å². The van der Waals surface area contributed by atoms with Crippen molar-refractivity contribution >= 4 is 46.7 Å². The van der Waals surface area contributed by atoms with Crippen molar-refractivity contribution in [3.05, 3.63) is 35.9 Å². The molecule has 0 aliphatic carbocycles. The number of aromatic nitrogens is 1. The maximum absolute atomic E-state index is 12.5. The summed E-state index contributed by atoms with van der Waals surface area (Å²) in [6.45, 7) is 0. The number of nitrogens with one attached hydrogen (secondary N) is 4. The van der Waals surface area contributed by atoms with Crippen LogP contribution in [-0.4, -0.2) is 21.8 Å². The van der Waals surface area contributed by atoms with Crippen molar-refractivity contribution in [3.63, 3.8) is 0 Å². The van der Waals surface area contributed by atoms with Crippen LogP contribution >= 0.6 is 11.3 Å². The van der Waals surface area contributed by atoms with Crippen molar-refractivity contribution in [2.24, 2.45) is 10.3 Å². The second kappa shape index (κ2) is 6.94. The molecule has 0 spiro atoms. The van der Waals surface area contributed by atoms with E-state index in [1.54, 1.807) is 12.1 Å². The van der Waals surface area contributed by atoms with Gasteiger partial charge in [-0.2, -0.15) is 11.1 Å². The highest BCUT2D eigenvalue weighted by atomic mass is 32.2. The monoisotopic (exact) mass is 456 g/mol. The normalized spacial score (nSPS) is 15.9. The molecule has 0 bridgehead atoms. The van der Waals surface area contributed by atoms with Gasteiger partial charge in [0.15, 0.2) is 5.13 Å². The Morgan fingerprint density at radius 2 is 1.62 bits per heavy atom. The van der Waals surface area contributed by atoms with E-state index in [0.717, 1.165) is 10.8 Å². The minimum atomic E-state index is -4.50. The summed E-state index contributed by atoms with van der Waals surface area (Å²) >= 11 is 1.27. The smallest absolute Gasteiger partial charge is 0.239 e. The largest absolute Gasteiger partial charge is 0.375 e. The molecule has 0 atom stereocenters. The number of hydrazine groups is 3. The summed E-state index contributed by atoms with van der Waals surface area (Å²) in [5.41, 5.74) is 18.0. The molecule has 0 unspecified atom stereocenters.